The molecular formula is C18H20N4OS. The number of carbonyl (C=O) groups excluding carboxylic acids is 1. The summed E-state index contributed by atoms with van der Waals surface area (Å²) < 4.78 is 0. The van der Waals surface area contributed by atoms with Gasteiger partial charge in [0, 0.05) is 37.3 Å². The fourth-order valence-corrected chi connectivity index (χ4v) is 4.01. The van der Waals surface area contributed by atoms with E-state index in [0.717, 1.165) is 30.2 Å². The molecule has 5 nitrogen and oxygen atoms in total. The number of amides is 1. The zero-order valence-electron chi connectivity index (χ0n) is 14.0. The molecule has 0 radical (unpaired) electrons. The number of hydrogen-bond acceptors (Lipinski definition) is 5. The maximum absolute atomic E-state index is 12.7. The molecule has 0 N–H and O–H groups in total. The van der Waals surface area contributed by atoms with Crippen LogP contribution in [0.25, 0.3) is 0 Å². The Hall–Kier alpha value is -2.39. The number of nitrogens with zero attached hydrogens (tertiary/aromatic N) is 4. The smallest absolute Gasteiger partial charge is 0.264 e. The van der Waals surface area contributed by atoms with E-state index < -0.39 is 0 Å². The third-order valence-corrected chi connectivity index (χ3v) is 5.69. The standard InChI is InChI=1S/C18H20N4OS/c1-3-15-13(2)10-16(24-15)18(23)22-8-6-21(7-9-22)17-11-14(12-19)4-5-20-17/h4-5,10-11H,3,6-9H2,1-2H3. The molecule has 0 aromatic carbocycles. The number of thiophene rings is 1. The first-order valence-electron chi connectivity index (χ1n) is 8.12. The highest BCUT2D eigenvalue weighted by Gasteiger charge is 2.24. The summed E-state index contributed by atoms with van der Waals surface area (Å²) in [6, 6.07) is 7.65. The van der Waals surface area contributed by atoms with Crippen molar-refractivity contribution < 1.29 is 4.79 Å². The average molecular weight is 340 g/mol. The van der Waals surface area contributed by atoms with Crippen molar-refractivity contribution in [2.24, 2.45) is 0 Å². The van der Waals surface area contributed by atoms with Gasteiger partial charge in [0.25, 0.3) is 5.91 Å². The van der Waals surface area contributed by atoms with Gasteiger partial charge in [-0.25, -0.2) is 4.98 Å². The van der Waals surface area contributed by atoms with Crippen molar-refractivity contribution in [1.29, 1.82) is 5.26 Å². The summed E-state index contributed by atoms with van der Waals surface area (Å²) in [7, 11) is 0. The molecule has 0 aliphatic carbocycles. The molecule has 0 unspecified atom stereocenters. The summed E-state index contributed by atoms with van der Waals surface area (Å²) in [6.45, 7) is 7.01. The van der Waals surface area contributed by atoms with E-state index in [4.69, 9.17) is 5.26 Å². The van der Waals surface area contributed by atoms with Crippen LogP contribution in [-0.2, 0) is 6.42 Å². The van der Waals surface area contributed by atoms with Crippen molar-refractivity contribution in [2.75, 3.05) is 31.1 Å². The largest absolute Gasteiger partial charge is 0.353 e. The molecule has 1 aliphatic heterocycles. The fourth-order valence-electron chi connectivity index (χ4n) is 2.93. The number of pyridine rings is 1. The van der Waals surface area contributed by atoms with Gasteiger partial charge in [-0.2, -0.15) is 5.26 Å². The molecule has 1 amide bonds. The van der Waals surface area contributed by atoms with Gasteiger partial charge in [-0.3, -0.25) is 4.79 Å². The highest BCUT2D eigenvalue weighted by Crippen LogP contribution is 2.24. The molecule has 0 bridgehead atoms. The van der Waals surface area contributed by atoms with Gasteiger partial charge in [0.2, 0.25) is 0 Å². The molecule has 1 saturated heterocycles. The van der Waals surface area contributed by atoms with Crippen LogP contribution in [0.15, 0.2) is 24.4 Å². The van der Waals surface area contributed by atoms with Crippen LogP contribution in [0.4, 0.5) is 5.82 Å². The van der Waals surface area contributed by atoms with Crippen LogP contribution in [0.1, 0.15) is 32.6 Å². The molecule has 3 heterocycles. The van der Waals surface area contributed by atoms with E-state index in [-0.39, 0.29) is 5.91 Å². The van der Waals surface area contributed by atoms with Crippen LogP contribution >= 0.6 is 11.3 Å². The molecule has 1 aliphatic rings. The Kier molecular flexibility index (Phi) is 4.81. The number of aryl methyl sites for hydroxylation is 2. The number of hydrogen-bond donors (Lipinski definition) is 0. The van der Waals surface area contributed by atoms with Gasteiger partial charge in [0.15, 0.2) is 0 Å². The Balaban J connectivity index is 1.66. The molecule has 0 spiro atoms. The summed E-state index contributed by atoms with van der Waals surface area (Å²) >= 11 is 1.61. The van der Waals surface area contributed by atoms with Crippen LogP contribution < -0.4 is 4.90 Å². The highest BCUT2D eigenvalue weighted by molar-refractivity contribution is 7.14. The van der Waals surface area contributed by atoms with Crippen molar-refractivity contribution in [1.82, 2.24) is 9.88 Å². The van der Waals surface area contributed by atoms with Gasteiger partial charge in [0.1, 0.15) is 5.82 Å². The number of aromatic nitrogens is 1. The van der Waals surface area contributed by atoms with Gasteiger partial charge < -0.3 is 9.80 Å². The molecule has 0 saturated carbocycles. The maximum atomic E-state index is 12.7. The number of carbonyl (C=O) groups is 1. The van der Waals surface area contributed by atoms with Crippen LogP contribution in [0.2, 0.25) is 0 Å². The van der Waals surface area contributed by atoms with Gasteiger partial charge in [-0.1, -0.05) is 6.92 Å². The number of rotatable bonds is 3. The summed E-state index contributed by atoms with van der Waals surface area (Å²) in [6.07, 6.45) is 2.63. The Bertz CT molecular complexity index is 785. The molecule has 2 aromatic rings. The normalized spacial score (nSPS) is 14.5. The Morgan fingerprint density at radius 2 is 2.08 bits per heavy atom. The van der Waals surface area contributed by atoms with E-state index in [2.05, 4.69) is 29.8 Å². The lowest BCUT2D eigenvalue weighted by Gasteiger charge is -2.35. The van der Waals surface area contributed by atoms with Gasteiger partial charge in [-0.15, -0.1) is 11.3 Å². The zero-order valence-corrected chi connectivity index (χ0v) is 14.8. The monoisotopic (exact) mass is 340 g/mol. The summed E-state index contributed by atoms with van der Waals surface area (Å²) in [4.78, 5) is 23.2. The first kappa shape index (κ1) is 16.5. The molecular weight excluding hydrogens is 320 g/mol. The minimum atomic E-state index is 0.126. The van der Waals surface area contributed by atoms with E-state index in [1.807, 2.05) is 11.0 Å². The molecule has 124 valence electrons. The summed E-state index contributed by atoms with van der Waals surface area (Å²) in [5.74, 6) is 0.933. The lowest BCUT2D eigenvalue weighted by Crippen LogP contribution is -2.48. The zero-order chi connectivity index (χ0) is 17.1. The Morgan fingerprint density at radius 1 is 1.33 bits per heavy atom. The molecule has 1 fully saturated rings. The molecule has 3 rings (SSSR count). The third kappa shape index (κ3) is 3.26. The maximum Gasteiger partial charge on any atom is 0.264 e. The van der Waals surface area contributed by atoms with E-state index in [1.165, 1.54) is 10.4 Å². The van der Waals surface area contributed by atoms with Crippen molar-refractivity contribution in [3.63, 3.8) is 0 Å². The summed E-state index contributed by atoms with van der Waals surface area (Å²) in [5, 5.41) is 9.00. The van der Waals surface area contributed by atoms with Crippen LogP contribution in [0.5, 0.6) is 0 Å². The summed E-state index contributed by atoms with van der Waals surface area (Å²) in [5.41, 5.74) is 1.82. The second-order valence-corrected chi connectivity index (χ2v) is 7.00. The second-order valence-electron chi connectivity index (χ2n) is 5.86. The van der Waals surface area contributed by atoms with Crippen molar-refractivity contribution in [3.05, 3.63) is 45.3 Å². The van der Waals surface area contributed by atoms with E-state index in [1.54, 1.807) is 29.7 Å². The predicted molar refractivity (Wildman–Crippen MR) is 95.5 cm³/mol. The first-order valence-corrected chi connectivity index (χ1v) is 8.93. The Labute approximate surface area is 146 Å². The van der Waals surface area contributed by atoms with E-state index >= 15 is 0 Å². The lowest BCUT2D eigenvalue weighted by atomic mass is 10.2. The van der Waals surface area contributed by atoms with Crippen molar-refractivity contribution in [3.8, 4) is 6.07 Å². The van der Waals surface area contributed by atoms with Gasteiger partial charge >= 0.3 is 0 Å². The van der Waals surface area contributed by atoms with Crippen LogP contribution in [-0.4, -0.2) is 42.0 Å². The van der Waals surface area contributed by atoms with Gasteiger partial charge in [-0.05, 0) is 37.1 Å². The van der Waals surface area contributed by atoms with E-state index in [0.29, 0.717) is 18.7 Å². The molecule has 24 heavy (non-hydrogen) atoms. The molecule has 2 aromatic heterocycles. The number of anilines is 1. The second kappa shape index (κ2) is 7.02. The number of nitriles is 1. The Morgan fingerprint density at radius 3 is 2.71 bits per heavy atom. The molecule has 0 atom stereocenters. The lowest BCUT2D eigenvalue weighted by molar-refractivity contribution is 0.0751. The van der Waals surface area contributed by atoms with Crippen LogP contribution in [0, 0.1) is 18.3 Å². The predicted octanol–water partition coefficient (Wildman–Crippen LogP) is 2.85. The number of piperazine rings is 1. The fraction of sp³-hybridized carbons (Fsp3) is 0.389. The van der Waals surface area contributed by atoms with Crippen molar-refractivity contribution >= 4 is 23.1 Å². The quantitative estimate of drug-likeness (QED) is 0.862. The highest BCUT2D eigenvalue weighted by atomic mass is 32.1. The minimum Gasteiger partial charge on any atom is -0.353 e. The first-order chi connectivity index (χ1) is 11.6. The minimum absolute atomic E-state index is 0.126. The average Bonchev–Trinajstić information content (AvgIpc) is 3.02. The van der Waals surface area contributed by atoms with E-state index in [9.17, 15) is 4.79 Å². The topological polar surface area (TPSA) is 60.2 Å². The van der Waals surface area contributed by atoms with Crippen molar-refractivity contribution in [2.45, 2.75) is 20.3 Å². The third-order valence-electron chi connectivity index (χ3n) is 4.32. The SMILES string of the molecule is CCc1sc(C(=O)N2CCN(c3cc(C#N)ccn3)CC2)cc1C. The molecule has 6 heteroatoms. The van der Waals surface area contributed by atoms with Gasteiger partial charge in [0.05, 0.1) is 16.5 Å². The van der Waals surface area contributed by atoms with Crippen LogP contribution in [0.3, 0.4) is 0 Å².